The molecular weight excluding hydrogens is 304 g/mol. The minimum Gasteiger partial charge on any atom is -0.497 e. The number of β-amino-alcohol motifs (C(OH)–C–C–N with tert-alkyl or cyclic N) is 1. The molecule has 0 unspecified atom stereocenters. The zero-order chi connectivity index (χ0) is 17.9. The molecule has 1 amide bonds. The van der Waals surface area contributed by atoms with Crippen molar-refractivity contribution in [3.8, 4) is 5.75 Å². The van der Waals surface area contributed by atoms with Crippen molar-refractivity contribution in [3.05, 3.63) is 29.5 Å². The van der Waals surface area contributed by atoms with E-state index in [9.17, 15) is 9.90 Å². The Bertz CT molecular complexity index is 802. The van der Waals surface area contributed by atoms with Crippen LogP contribution in [0.1, 0.15) is 36.8 Å². The normalized spacial score (nSPS) is 23.0. The van der Waals surface area contributed by atoms with E-state index in [-0.39, 0.29) is 11.3 Å². The molecule has 0 spiro atoms. The van der Waals surface area contributed by atoms with Crippen molar-refractivity contribution in [2.45, 2.75) is 33.3 Å². The maximum absolute atomic E-state index is 13.2. The number of likely N-dealkylation sites (tertiary alicyclic amines) is 1. The standard InChI is InChI=1S/C19H26N2O3/c1-12-16(14-9-13(24-6)7-8-15(14)20(12)5)17(22)21-10-18(2,3)19(4,23)11-21/h7-9,23H,10-11H2,1-6H3/t19-/m0/s1. The summed E-state index contributed by atoms with van der Waals surface area (Å²) in [5.74, 6) is 0.702. The topological polar surface area (TPSA) is 54.7 Å². The van der Waals surface area contributed by atoms with E-state index in [2.05, 4.69) is 0 Å². The van der Waals surface area contributed by atoms with Gasteiger partial charge in [0.2, 0.25) is 0 Å². The molecule has 5 nitrogen and oxygen atoms in total. The molecule has 3 rings (SSSR count). The third kappa shape index (κ3) is 2.30. The summed E-state index contributed by atoms with van der Waals surface area (Å²) in [6.07, 6.45) is 0. The van der Waals surface area contributed by atoms with E-state index < -0.39 is 5.60 Å². The summed E-state index contributed by atoms with van der Waals surface area (Å²) in [6.45, 7) is 8.65. The lowest BCUT2D eigenvalue weighted by molar-refractivity contribution is -0.0108. The zero-order valence-electron chi connectivity index (χ0n) is 15.3. The average Bonchev–Trinajstić information content (AvgIpc) is 2.89. The van der Waals surface area contributed by atoms with Crippen LogP contribution in [0.15, 0.2) is 18.2 Å². The van der Waals surface area contributed by atoms with Gasteiger partial charge in [-0.15, -0.1) is 0 Å². The highest BCUT2D eigenvalue weighted by molar-refractivity contribution is 6.09. The molecule has 2 heterocycles. The first-order valence-electron chi connectivity index (χ1n) is 8.24. The number of benzene rings is 1. The van der Waals surface area contributed by atoms with Crippen molar-refractivity contribution in [2.75, 3.05) is 20.2 Å². The summed E-state index contributed by atoms with van der Waals surface area (Å²) >= 11 is 0. The first-order chi connectivity index (χ1) is 11.1. The molecule has 1 aliphatic rings. The summed E-state index contributed by atoms with van der Waals surface area (Å²) in [5, 5.41) is 11.5. The van der Waals surface area contributed by atoms with Crippen LogP contribution in [0.5, 0.6) is 5.75 Å². The number of aliphatic hydroxyl groups is 1. The highest BCUT2D eigenvalue weighted by Gasteiger charge is 2.49. The second kappa shape index (κ2) is 5.24. The van der Waals surface area contributed by atoms with Gasteiger partial charge in [-0.05, 0) is 32.0 Å². The number of hydrogen-bond acceptors (Lipinski definition) is 3. The quantitative estimate of drug-likeness (QED) is 0.921. The van der Waals surface area contributed by atoms with Crippen molar-refractivity contribution in [1.82, 2.24) is 9.47 Å². The van der Waals surface area contributed by atoms with E-state index in [0.29, 0.717) is 18.7 Å². The number of nitrogens with zero attached hydrogens (tertiary/aromatic N) is 2. The molecule has 1 saturated heterocycles. The van der Waals surface area contributed by atoms with Gasteiger partial charge in [-0.2, -0.15) is 0 Å². The van der Waals surface area contributed by atoms with Gasteiger partial charge in [0.25, 0.3) is 5.91 Å². The van der Waals surface area contributed by atoms with Gasteiger partial charge in [0.05, 0.1) is 24.8 Å². The van der Waals surface area contributed by atoms with Crippen molar-refractivity contribution >= 4 is 16.8 Å². The molecule has 0 saturated carbocycles. The Morgan fingerprint density at radius 3 is 2.46 bits per heavy atom. The lowest BCUT2D eigenvalue weighted by Gasteiger charge is -2.30. The number of aromatic nitrogens is 1. The average molecular weight is 330 g/mol. The number of fused-ring (bicyclic) bond motifs is 1. The minimum atomic E-state index is -0.890. The van der Waals surface area contributed by atoms with E-state index in [1.807, 2.05) is 50.6 Å². The predicted octanol–water partition coefficient (Wildman–Crippen LogP) is 2.73. The van der Waals surface area contributed by atoms with Gasteiger partial charge in [-0.3, -0.25) is 4.79 Å². The molecule has 1 fully saturated rings. The van der Waals surface area contributed by atoms with Crippen LogP contribution in [-0.2, 0) is 7.05 Å². The van der Waals surface area contributed by atoms with Gasteiger partial charge < -0.3 is 19.3 Å². The van der Waals surface area contributed by atoms with Gasteiger partial charge in [0.15, 0.2) is 0 Å². The lowest BCUT2D eigenvalue weighted by atomic mass is 9.79. The Hall–Kier alpha value is -2.01. The van der Waals surface area contributed by atoms with Crippen LogP contribution in [0.4, 0.5) is 0 Å². The van der Waals surface area contributed by atoms with Gasteiger partial charge in [0.1, 0.15) is 5.75 Å². The van der Waals surface area contributed by atoms with Gasteiger partial charge >= 0.3 is 0 Å². The molecule has 1 N–H and O–H groups in total. The number of rotatable bonds is 2. The van der Waals surface area contributed by atoms with Crippen LogP contribution in [0.2, 0.25) is 0 Å². The van der Waals surface area contributed by atoms with Crippen molar-refractivity contribution in [3.63, 3.8) is 0 Å². The number of hydrogen-bond donors (Lipinski definition) is 1. The van der Waals surface area contributed by atoms with Crippen LogP contribution in [0.25, 0.3) is 10.9 Å². The Labute approximate surface area is 142 Å². The summed E-state index contributed by atoms with van der Waals surface area (Å²) in [6, 6.07) is 5.79. The van der Waals surface area contributed by atoms with E-state index >= 15 is 0 Å². The third-order valence-electron chi connectivity index (χ3n) is 5.74. The molecule has 1 atom stereocenters. The summed E-state index contributed by atoms with van der Waals surface area (Å²) in [5.41, 5.74) is 1.40. The Morgan fingerprint density at radius 1 is 1.25 bits per heavy atom. The first kappa shape index (κ1) is 16.8. The summed E-state index contributed by atoms with van der Waals surface area (Å²) in [7, 11) is 3.59. The maximum Gasteiger partial charge on any atom is 0.256 e. The van der Waals surface area contributed by atoms with Crippen LogP contribution in [-0.4, -0.2) is 46.3 Å². The monoisotopic (exact) mass is 330 g/mol. The number of amides is 1. The van der Waals surface area contributed by atoms with Gasteiger partial charge in [0, 0.05) is 35.6 Å². The second-order valence-electron chi connectivity index (χ2n) is 7.72. The van der Waals surface area contributed by atoms with Crippen LogP contribution >= 0.6 is 0 Å². The fourth-order valence-electron chi connectivity index (χ4n) is 3.54. The smallest absolute Gasteiger partial charge is 0.256 e. The van der Waals surface area contributed by atoms with Crippen molar-refractivity contribution < 1.29 is 14.6 Å². The lowest BCUT2D eigenvalue weighted by Crippen LogP contribution is -2.40. The molecular formula is C19H26N2O3. The molecule has 2 aromatic rings. The SMILES string of the molecule is COc1ccc2c(c1)c(C(=O)N1CC(C)(C)[C@@](C)(O)C1)c(C)n2C. The molecule has 24 heavy (non-hydrogen) atoms. The van der Waals surface area contributed by atoms with E-state index in [4.69, 9.17) is 4.74 Å². The van der Waals surface area contributed by atoms with Crippen LogP contribution in [0.3, 0.4) is 0 Å². The number of ether oxygens (including phenoxy) is 1. The highest BCUT2D eigenvalue weighted by Crippen LogP contribution is 2.40. The number of carbonyl (C=O) groups excluding carboxylic acids is 1. The molecule has 1 aliphatic heterocycles. The van der Waals surface area contributed by atoms with E-state index in [1.165, 1.54) is 0 Å². The Kier molecular flexibility index (Phi) is 3.68. The second-order valence-corrected chi connectivity index (χ2v) is 7.72. The van der Waals surface area contributed by atoms with Crippen molar-refractivity contribution in [2.24, 2.45) is 12.5 Å². The zero-order valence-corrected chi connectivity index (χ0v) is 15.3. The minimum absolute atomic E-state index is 0.0304. The summed E-state index contributed by atoms with van der Waals surface area (Å²) in [4.78, 5) is 15.0. The summed E-state index contributed by atoms with van der Waals surface area (Å²) < 4.78 is 7.35. The maximum atomic E-state index is 13.2. The predicted molar refractivity (Wildman–Crippen MR) is 94.5 cm³/mol. The largest absolute Gasteiger partial charge is 0.497 e. The van der Waals surface area contributed by atoms with Gasteiger partial charge in [-0.1, -0.05) is 13.8 Å². The molecule has 130 valence electrons. The fraction of sp³-hybridized carbons (Fsp3) is 0.526. The Morgan fingerprint density at radius 2 is 1.92 bits per heavy atom. The van der Waals surface area contributed by atoms with E-state index in [0.717, 1.165) is 22.3 Å². The highest BCUT2D eigenvalue weighted by atomic mass is 16.5. The van der Waals surface area contributed by atoms with E-state index in [1.54, 1.807) is 18.9 Å². The number of methoxy groups -OCH3 is 1. The van der Waals surface area contributed by atoms with Crippen molar-refractivity contribution in [1.29, 1.82) is 0 Å². The third-order valence-corrected chi connectivity index (χ3v) is 5.74. The molecule has 0 aliphatic carbocycles. The first-order valence-corrected chi connectivity index (χ1v) is 8.24. The number of aryl methyl sites for hydroxylation is 1. The molecule has 1 aromatic carbocycles. The molecule has 1 aromatic heterocycles. The molecule has 5 heteroatoms. The molecule has 0 bridgehead atoms. The molecule has 0 radical (unpaired) electrons. The van der Waals surface area contributed by atoms with Crippen LogP contribution < -0.4 is 4.74 Å². The fourth-order valence-corrected chi connectivity index (χ4v) is 3.54. The number of carbonyl (C=O) groups is 1. The Balaban J connectivity index is 2.09. The van der Waals surface area contributed by atoms with Gasteiger partial charge in [-0.25, -0.2) is 0 Å². The van der Waals surface area contributed by atoms with Crippen LogP contribution in [0, 0.1) is 12.3 Å².